The largest absolute Gasteiger partial charge is 0.311 e. The van der Waals surface area contributed by atoms with E-state index in [1.165, 1.54) is 27.4 Å². The lowest BCUT2D eigenvalue weighted by atomic mass is 10.1. The van der Waals surface area contributed by atoms with Crippen LogP contribution in [-0.4, -0.2) is 41.6 Å². The Morgan fingerprint density at radius 1 is 0.857 bits per heavy atom. The molecule has 1 saturated heterocycles. The van der Waals surface area contributed by atoms with E-state index in [0.717, 1.165) is 13.1 Å². The Kier molecular flexibility index (Phi) is 2.81. The summed E-state index contributed by atoms with van der Waals surface area (Å²) in [6.07, 6.45) is 0.300. The van der Waals surface area contributed by atoms with Crippen LogP contribution in [0.2, 0.25) is 0 Å². The van der Waals surface area contributed by atoms with Crippen molar-refractivity contribution in [3.63, 3.8) is 0 Å². The highest BCUT2D eigenvalue weighted by Crippen LogP contribution is 2.36. The molecule has 1 aliphatic heterocycles. The molecule has 0 unspecified atom stereocenters. The maximum Gasteiger partial charge on any atom is 0.144 e. The molecule has 0 amide bonds. The van der Waals surface area contributed by atoms with Gasteiger partial charge in [0.1, 0.15) is 6.29 Å². The molecule has 0 aliphatic carbocycles. The minimum atomic E-state index is 0.300. The Bertz CT molecular complexity index is 808. The van der Waals surface area contributed by atoms with E-state index < -0.39 is 0 Å². The monoisotopic (exact) mass is 279 g/mol. The Hall–Kier alpha value is -1.84. The summed E-state index contributed by atoms with van der Waals surface area (Å²) in [6.45, 7) is 4.44. The summed E-state index contributed by atoms with van der Waals surface area (Å²) in [5.74, 6) is 0. The van der Waals surface area contributed by atoms with Gasteiger partial charge in [-0.25, -0.2) is 0 Å². The zero-order valence-corrected chi connectivity index (χ0v) is 12.9. The minimum Gasteiger partial charge on any atom is -0.311 e. The van der Waals surface area contributed by atoms with Crippen LogP contribution in [0.4, 0.5) is 0 Å². The van der Waals surface area contributed by atoms with E-state index in [1.807, 2.05) is 0 Å². The zero-order valence-electron chi connectivity index (χ0n) is 12.9. The first-order valence-electron chi connectivity index (χ1n) is 7.57. The van der Waals surface area contributed by atoms with Crippen LogP contribution in [0.25, 0.3) is 21.8 Å². The van der Waals surface area contributed by atoms with Crippen LogP contribution in [-0.2, 0) is 0 Å². The molecule has 0 N–H and O–H groups in total. The van der Waals surface area contributed by atoms with Crippen molar-refractivity contribution in [3.05, 3.63) is 48.0 Å². The SMILES string of the molecule is Cc1cccc2c3ccccc3n(C3N(C)CCN3C)c12. The third kappa shape index (κ3) is 1.74. The van der Waals surface area contributed by atoms with Crippen molar-refractivity contribution in [2.75, 3.05) is 27.2 Å². The third-order valence-electron chi connectivity index (χ3n) is 4.76. The Morgan fingerprint density at radius 3 is 2.29 bits per heavy atom. The maximum absolute atomic E-state index is 2.51. The van der Waals surface area contributed by atoms with Crippen molar-refractivity contribution in [2.45, 2.75) is 13.2 Å². The molecule has 3 aromatic rings. The van der Waals surface area contributed by atoms with Crippen LogP contribution in [0.3, 0.4) is 0 Å². The number of benzene rings is 2. The maximum atomic E-state index is 2.51. The molecule has 0 spiro atoms. The average molecular weight is 279 g/mol. The van der Waals surface area contributed by atoms with E-state index in [0.29, 0.717) is 6.29 Å². The second-order valence-corrected chi connectivity index (χ2v) is 6.17. The number of rotatable bonds is 1. The first kappa shape index (κ1) is 12.9. The molecule has 21 heavy (non-hydrogen) atoms. The average Bonchev–Trinajstić information content (AvgIpc) is 2.98. The van der Waals surface area contributed by atoms with Gasteiger partial charge in [-0.05, 0) is 32.6 Å². The fourth-order valence-electron chi connectivity index (χ4n) is 3.75. The third-order valence-corrected chi connectivity index (χ3v) is 4.76. The molecule has 4 rings (SSSR count). The molecule has 0 bridgehead atoms. The molecule has 2 aromatic carbocycles. The molecule has 108 valence electrons. The van der Waals surface area contributed by atoms with E-state index in [1.54, 1.807) is 0 Å². The standard InChI is InChI=1S/C18H21N3/c1-13-7-6-9-15-14-8-4-5-10-16(14)21(17(13)15)18-19(2)11-12-20(18)3/h4-10,18H,11-12H2,1-3H3. The van der Waals surface area contributed by atoms with Crippen molar-refractivity contribution >= 4 is 21.8 Å². The van der Waals surface area contributed by atoms with Gasteiger partial charge in [-0.1, -0.05) is 36.4 Å². The van der Waals surface area contributed by atoms with E-state index >= 15 is 0 Å². The number of hydrogen-bond donors (Lipinski definition) is 0. The molecule has 1 aromatic heterocycles. The number of aryl methyl sites for hydroxylation is 1. The summed E-state index contributed by atoms with van der Waals surface area (Å²) in [7, 11) is 4.43. The Morgan fingerprint density at radius 2 is 1.52 bits per heavy atom. The van der Waals surface area contributed by atoms with Crippen LogP contribution >= 0.6 is 0 Å². The number of hydrogen-bond acceptors (Lipinski definition) is 2. The van der Waals surface area contributed by atoms with Gasteiger partial charge in [0.15, 0.2) is 0 Å². The molecule has 0 radical (unpaired) electrons. The van der Waals surface area contributed by atoms with Crippen molar-refractivity contribution < 1.29 is 0 Å². The summed E-state index contributed by atoms with van der Waals surface area (Å²) in [5.41, 5.74) is 4.04. The fourth-order valence-corrected chi connectivity index (χ4v) is 3.75. The summed E-state index contributed by atoms with van der Waals surface area (Å²) in [5, 5.41) is 2.71. The van der Waals surface area contributed by atoms with E-state index in [9.17, 15) is 0 Å². The van der Waals surface area contributed by atoms with Gasteiger partial charge in [-0.2, -0.15) is 0 Å². The summed E-state index contributed by atoms with van der Waals surface area (Å²) in [4.78, 5) is 4.86. The first-order valence-corrected chi connectivity index (χ1v) is 7.57. The van der Waals surface area contributed by atoms with Gasteiger partial charge < -0.3 is 4.57 Å². The summed E-state index contributed by atoms with van der Waals surface area (Å²) < 4.78 is 2.51. The van der Waals surface area contributed by atoms with Crippen molar-refractivity contribution in [2.24, 2.45) is 0 Å². The number of para-hydroxylation sites is 2. The molecule has 2 heterocycles. The lowest BCUT2D eigenvalue weighted by molar-refractivity contribution is 0.123. The van der Waals surface area contributed by atoms with E-state index in [2.05, 4.69) is 77.9 Å². The number of fused-ring (bicyclic) bond motifs is 3. The topological polar surface area (TPSA) is 11.4 Å². The van der Waals surface area contributed by atoms with Crippen LogP contribution in [0.5, 0.6) is 0 Å². The molecule has 1 fully saturated rings. The van der Waals surface area contributed by atoms with E-state index in [-0.39, 0.29) is 0 Å². The second-order valence-electron chi connectivity index (χ2n) is 6.17. The lowest BCUT2D eigenvalue weighted by Gasteiger charge is -2.28. The van der Waals surface area contributed by atoms with Crippen LogP contribution < -0.4 is 0 Å². The van der Waals surface area contributed by atoms with Crippen LogP contribution in [0, 0.1) is 6.92 Å². The Balaban J connectivity index is 2.14. The highest BCUT2D eigenvalue weighted by molar-refractivity contribution is 6.09. The van der Waals surface area contributed by atoms with E-state index in [4.69, 9.17) is 0 Å². The normalized spacial score (nSPS) is 18.2. The minimum absolute atomic E-state index is 0.300. The van der Waals surface area contributed by atoms with Gasteiger partial charge in [-0.15, -0.1) is 0 Å². The number of aromatic nitrogens is 1. The molecule has 3 heteroatoms. The second kappa shape index (κ2) is 4.58. The zero-order chi connectivity index (χ0) is 14.6. The van der Waals surface area contributed by atoms with Gasteiger partial charge in [0.05, 0.1) is 11.0 Å². The van der Waals surface area contributed by atoms with Gasteiger partial charge >= 0.3 is 0 Å². The van der Waals surface area contributed by atoms with Crippen molar-refractivity contribution in [1.82, 2.24) is 14.4 Å². The summed E-state index contributed by atoms with van der Waals surface area (Å²) in [6, 6.07) is 15.4. The van der Waals surface area contributed by atoms with Gasteiger partial charge in [-0.3, -0.25) is 9.80 Å². The smallest absolute Gasteiger partial charge is 0.144 e. The van der Waals surface area contributed by atoms with Crippen LogP contribution in [0.1, 0.15) is 11.9 Å². The Labute approximate surface area is 125 Å². The molecule has 1 aliphatic rings. The highest BCUT2D eigenvalue weighted by Gasteiger charge is 2.30. The highest BCUT2D eigenvalue weighted by atomic mass is 15.5. The molecule has 0 atom stereocenters. The fraction of sp³-hybridized carbons (Fsp3) is 0.333. The first-order chi connectivity index (χ1) is 10.2. The molecular formula is C18H21N3. The molecular weight excluding hydrogens is 258 g/mol. The predicted octanol–water partition coefficient (Wildman–Crippen LogP) is 3.44. The number of nitrogens with zero attached hydrogens (tertiary/aromatic N) is 3. The van der Waals surface area contributed by atoms with Crippen molar-refractivity contribution in [1.29, 1.82) is 0 Å². The summed E-state index contributed by atoms with van der Waals surface area (Å²) >= 11 is 0. The molecule has 0 saturated carbocycles. The lowest BCUT2D eigenvalue weighted by Crippen LogP contribution is -2.31. The quantitative estimate of drug-likeness (QED) is 0.676. The number of likely N-dealkylation sites (N-methyl/N-ethyl adjacent to an activating group) is 2. The molecule has 3 nitrogen and oxygen atoms in total. The van der Waals surface area contributed by atoms with Gasteiger partial charge in [0.2, 0.25) is 0 Å². The predicted molar refractivity (Wildman–Crippen MR) is 88.5 cm³/mol. The van der Waals surface area contributed by atoms with Gasteiger partial charge in [0.25, 0.3) is 0 Å². The van der Waals surface area contributed by atoms with Crippen molar-refractivity contribution in [3.8, 4) is 0 Å². The van der Waals surface area contributed by atoms with Gasteiger partial charge in [0, 0.05) is 23.9 Å². The van der Waals surface area contributed by atoms with Crippen LogP contribution in [0.15, 0.2) is 42.5 Å².